The third kappa shape index (κ3) is 4.38. The van der Waals surface area contributed by atoms with E-state index in [2.05, 4.69) is 38.1 Å². The molecule has 0 aliphatic carbocycles. The van der Waals surface area contributed by atoms with Crippen LogP contribution in [0.4, 0.5) is 0 Å². The maximum atomic E-state index is 10.5. The van der Waals surface area contributed by atoms with Gasteiger partial charge in [0.1, 0.15) is 0 Å². The van der Waals surface area contributed by atoms with Gasteiger partial charge in [-0.05, 0) is 17.0 Å². The summed E-state index contributed by atoms with van der Waals surface area (Å²) in [7, 11) is 0. The summed E-state index contributed by atoms with van der Waals surface area (Å²) in [6.45, 7) is 4.35. The Balaban J connectivity index is 2.46. The summed E-state index contributed by atoms with van der Waals surface area (Å²) < 4.78 is 0. The Morgan fingerprint density at radius 1 is 1.33 bits per heavy atom. The molecule has 82 valence electrons. The molecule has 0 aliphatic rings. The molecule has 0 aromatic heterocycles. The lowest BCUT2D eigenvalue weighted by molar-refractivity contribution is -0.115. The maximum Gasteiger partial charge on any atom is 0.227 e. The fraction of sp³-hybridized carbons (Fsp3) is 0.417. The fourth-order valence-corrected chi connectivity index (χ4v) is 2.00. The highest BCUT2D eigenvalue weighted by molar-refractivity contribution is 7.99. The summed E-state index contributed by atoms with van der Waals surface area (Å²) in [6.07, 6.45) is 0. The van der Waals surface area contributed by atoms with Gasteiger partial charge in [0.2, 0.25) is 5.91 Å². The highest BCUT2D eigenvalue weighted by Gasteiger charge is 2.00. The largest absolute Gasteiger partial charge is 0.369 e. The first-order chi connectivity index (χ1) is 7.09. The molecule has 1 rings (SSSR count). The molecule has 0 unspecified atom stereocenters. The third-order valence-electron chi connectivity index (χ3n) is 2.16. The second-order valence-corrected chi connectivity index (χ2v) is 4.84. The van der Waals surface area contributed by atoms with Crippen molar-refractivity contribution in [3.63, 3.8) is 0 Å². The molecule has 1 aromatic rings. The van der Waals surface area contributed by atoms with Gasteiger partial charge in [0.05, 0.1) is 5.75 Å². The van der Waals surface area contributed by atoms with Crippen molar-refractivity contribution < 1.29 is 4.79 Å². The van der Waals surface area contributed by atoms with Crippen molar-refractivity contribution in [2.45, 2.75) is 25.5 Å². The summed E-state index contributed by atoms with van der Waals surface area (Å²) in [5.74, 6) is 1.56. The van der Waals surface area contributed by atoms with Crippen molar-refractivity contribution in [1.82, 2.24) is 0 Å². The molecular formula is C12H17NOS. The molecule has 0 atom stereocenters. The molecule has 0 spiro atoms. The zero-order valence-electron chi connectivity index (χ0n) is 9.19. The number of rotatable bonds is 5. The molecule has 0 heterocycles. The van der Waals surface area contributed by atoms with Crippen LogP contribution >= 0.6 is 11.8 Å². The number of thioether (sulfide) groups is 1. The average Bonchev–Trinajstić information content (AvgIpc) is 2.18. The molecule has 0 fully saturated rings. The molecule has 0 radical (unpaired) electrons. The van der Waals surface area contributed by atoms with E-state index < -0.39 is 0 Å². The Morgan fingerprint density at radius 3 is 2.40 bits per heavy atom. The van der Waals surface area contributed by atoms with E-state index in [1.54, 1.807) is 11.8 Å². The van der Waals surface area contributed by atoms with Crippen molar-refractivity contribution >= 4 is 17.7 Å². The first kappa shape index (κ1) is 12.1. The third-order valence-corrected chi connectivity index (χ3v) is 3.19. The van der Waals surface area contributed by atoms with Crippen LogP contribution in [-0.2, 0) is 10.5 Å². The molecule has 3 heteroatoms. The lowest BCUT2D eigenvalue weighted by Crippen LogP contribution is -2.13. The number of primary amides is 1. The summed E-state index contributed by atoms with van der Waals surface area (Å²) in [5.41, 5.74) is 7.65. The quantitative estimate of drug-likeness (QED) is 0.833. The van der Waals surface area contributed by atoms with Crippen molar-refractivity contribution in [2.75, 3.05) is 5.75 Å². The van der Waals surface area contributed by atoms with Gasteiger partial charge >= 0.3 is 0 Å². The molecule has 0 bridgehead atoms. The van der Waals surface area contributed by atoms with Crippen molar-refractivity contribution in [2.24, 2.45) is 5.73 Å². The molecule has 1 amide bonds. The van der Waals surface area contributed by atoms with E-state index >= 15 is 0 Å². The second-order valence-electron chi connectivity index (χ2n) is 3.86. The molecule has 15 heavy (non-hydrogen) atoms. The predicted octanol–water partition coefficient (Wildman–Crippen LogP) is 2.53. The minimum absolute atomic E-state index is 0.251. The van der Waals surface area contributed by atoms with Crippen molar-refractivity contribution in [3.05, 3.63) is 35.4 Å². The highest BCUT2D eigenvalue weighted by Crippen LogP contribution is 2.17. The van der Waals surface area contributed by atoms with E-state index in [4.69, 9.17) is 5.73 Å². The Morgan fingerprint density at radius 2 is 1.93 bits per heavy atom. The number of benzene rings is 1. The number of amides is 1. The predicted molar refractivity (Wildman–Crippen MR) is 65.9 cm³/mol. The second kappa shape index (κ2) is 5.81. The molecule has 0 aliphatic heterocycles. The first-order valence-corrected chi connectivity index (χ1v) is 6.20. The lowest BCUT2D eigenvalue weighted by Gasteiger charge is -2.06. The Labute approximate surface area is 95.2 Å². The van der Waals surface area contributed by atoms with E-state index in [1.165, 1.54) is 11.1 Å². The highest BCUT2D eigenvalue weighted by atomic mass is 32.2. The van der Waals surface area contributed by atoms with Crippen LogP contribution in [0.15, 0.2) is 24.3 Å². The van der Waals surface area contributed by atoms with Crippen LogP contribution < -0.4 is 5.73 Å². The maximum absolute atomic E-state index is 10.5. The zero-order valence-corrected chi connectivity index (χ0v) is 10.0. The fourth-order valence-electron chi connectivity index (χ4n) is 1.27. The molecule has 0 saturated heterocycles. The molecular weight excluding hydrogens is 206 g/mol. The first-order valence-electron chi connectivity index (χ1n) is 5.04. The van der Waals surface area contributed by atoms with E-state index in [-0.39, 0.29) is 5.91 Å². The number of hydrogen-bond acceptors (Lipinski definition) is 2. The van der Waals surface area contributed by atoms with Crippen LogP contribution in [0.2, 0.25) is 0 Å². The zero-order chi connectivity index (χ0) is 11.3. The van der Waals surface area contributed by atoms with Crippen LogP contribution in [0.3, 0.4) is 0 Å². The van der Waals surface area contributed by atoms with Crippen LogP contribution in [-0.4, -0.2) is 11.7 Å². The van der Waals surface area contributed by atoms with Gasteiger partial charge in [-0.2, -0.15) is 0 Å². The number of carbonyl (C=O) groups excluding carboxylic acids is 1. The van der Waals surface area contributed by atoms with Gasteiger partial charge < -0.3 is 5.73 Å². The minimum atomic E-state index is -0.251. The monoisotopic (exact) mass is 223 g/mol. The molecule has 2 N–H and O–H groups in total. The summed E-state index contributed by atoms with van der Waals surface area (Å²) in [4.78, 5) is 10.5. The van der Waals surface area contributed by atoms with Gasteiger partial charge in [-0.25, -0.2) is 0 Å². The van der Waals surface area contributed by atoms with E-state index in [0.717, 1.165) is 5.75 Å². The van der Waals surface area contributed by atoms with E-state index in [9.17, 15) is 4.79 Å². The Hall–Kier alpha value is -0.960. The smallest absolute Gasteiger partial charge is 0.227 e. The standard InChI is InChI=1S/C12H17NOS/c1-9(2)11-5-3-10(4-6-11)7-15-8-12(13)14/h3-6,9H,7-8H2,1-2H3,(H2,13,14). The Bertz CT molecular complexity index is 319. The number of nitrogens with two attached hydrogens (primary N) is 1. The summed E-state index contributed by atoms with van der Waals surface area (Å²) >= 11 is 1.55. The molecule has 1 aromatic carbocycles. The lowest BCUT2D eigenvalue weighted by atomic mass is 10.0. The van der Waals surface area contributed by atoms with Crippen LogP contribution in [0.25, 0.3) is 0 Å². The Kier molecular flexibility index (Phi) is 4.69. The summed E-state index contributed by atoms with van der Waals surface area (Å²) in [5, 5.41) is 0. The topological polar surface area (TPSA) is 43.1 Å². The minimum Gasteiger partial charge on any atom is -0.369 e. The van der Waals surface area contributed by atoms with Crippen molar-refractivity contribution in [1.29, 1.82) is 0 Å². The molecule has 2 nitrogen and oxygen atoms in total. The van der Waals surface area contributed by atoms with Crippen molar-refractivity contribution in [3.8, 4) is 0 Å². The van der Waals surface area contributed by atoms with Gasteiger partial charge in [-0.1, -0.05) is 38.1 Å². The van der Waals surface area contributed by atoms with Crippen LogP contribution in [0.5, 0.6) is 0 Å². The van der Waals surface area contributed by atoms with Gasteiger partial charge in [-0.3, -0.25) is 4.79 Å². The van der Waals surface area contributed by atoms with Gasteiger partial charge in [0.15, 0.2) is 0 Å². The van der Waals surface area contributed by atoms with Crippen LogP contribution in [0.1, 0.15) is 30.9 Å². The van der Waals surface area contributed by atoms with Gasteiger partial charge in [0.25, 0.3) is 0 Å². The molecule has 0 saturated carbocycles. The SMILES string of the molecule is CC(C)c1ccc(CSCC(N)=O)cc1. The van der Waals surface area contributed by atoms with E-state index in [1.807, 2.05) is 0 Å². The number of hydrogen-bond donors (Lipinski definition) is 1. The van der Waals surface area contributed by atoms with E-state index in [0.29, 0.717) is 11.7 Å². The van der Waals surface area contributed by atoms with Gasteiger partial charge in [0, 0.05) is 5.75 Å². The average molecular weight is 223 g/mol. The summed E-state index contributed by atoms with van der Waals surface area (Å²) in [6, 6.07) is 8.52. The van der Waals surface area contributed by atoms with Crippen LogP contribution in [0, 0.1) is 0 Å². The van der Waals surface area contributed by atoms with Gasteiger partial charge in [-0.15, -0.1) is 11.8 Å². The number of carbonyl (C=O) groups is 1. The normalized spacial score (nSPS) is 10.6.